The second kappa shape index (κ2) is 6.79. The zero-order chi connectivity index (χ0) is 11.8. The summed E-state index contributed by atoms with van der Waals surface area (Å²) < 4.78 is 0. The van der Waals surface area contributed by atoms with Crippen molar-refractivity contribution < 1.29 is 0 Å². The lowest BCUT2D eigenvalue weighted by Crippen LogP contribution is -2.05. The molecule has 1 aromatic carbocycles. The lowest BCUT2D eigenvalue weighted by Gasteiger charge is -2.07. The monoisotopic (exact) mass is 205 g/mol. The molecule has 4 N–H and O–H groups in total. The molecule has 82 valence electrons. The molecular weight excluding hydrogens is 186 g/mol. The summed E-state index contributed by atoms with van der Waals surface area (Å²) in [7, 11) is 1.50. The fourth-order valence-electron chi connectivity index (χ4n) is 1.44. The van der Waals surface area contributed by atoms with Crippen LogP contribution >= 0.6 is 0 Å². The van der Waals surface area contributed by atoms with E-state index in [9.17, 15) is 0 Å². The molecule has 0 aliphatic carbocycles. The number of aryl methyl sites for hydroxylation is 2. The van der Waals surface area contributed by atoms with Crippen LogP contribution in [0.1, 0.15) is 16.7 Å². The van der Waals surface area contributed by atoms with Gasteiger partial charge in [-0.25, -0.2) is 0 Å². The minimum Gasteiger partial charge on any atom is -0.333 e. The normalized spacial score (nSPS) is 10.3. The largest absolute Gasteiger partial charge is 0.333 e. The van der Waals surface area contributed by atoms with Crippen LogP contribution in [0.4, 0.5) is 0 Å². The van der Waals surface area contributed by atoms with Gasteiger partial charge in [0.05, 0.1) is 5.71 Å². The third-order valence-electron chi connectivity index (χ3n) is 2.07. The van der Waals surface area contributed by atoms with E-state index in [1.54, 1.807) is 6.08 Å². The molecule has 0 spiro atoms. The van der Waals surface area contributed by atoms with Gasteiger partial charge in [0, 0.05) is 5.56 Å². The highest BCUT2D eigenvalue weighted by molar-refractivity contribution is 6.10. The van der Waals surface area contributed by atoms with Crippen LogP contribution in [-0.4, -0.2) is 12.8 Å². The first kappa shape index (κ1) is 13.4. The molecule has 3 nitrogen and oxygen atoms in total. The Bertz CT molecular complexity index is 334. The van der Waals surface area contributed by atoms with Crippen LogP contribution < -0.4 is 11.6 Å². The predicted octanol–water partition coefficient (Wildman–Crippen LogP) is 1.73. The highest BCUT2D eigenvalue weighted by Crippen LogP contribution is 2.14. The summed E-state index contributed by atoms with van der Waals surface area (Å²) in [4.78, 5) is 0. The molecule has 1 rings (SSSR count). The molecular formula is C12H19N3. The van der Waals surface area contributed by atoms with E-state index < -0.39 is 0 Å². The molecule has 0 aliphatic rings. The van der Waals surface area contributed by atoms with E-state index in [0.29, 0.717) is 0 Å². The highest BCUT2D eigenvalue weighted by atomic mass is 15.1. The Kier molecular flexibility index (Phi) is 6.06. The average molecular weight is 205 g/mol. The average Bonchev–Trinajstić information content (AvgIpc) is 2.26. The zero-order valence-corrected chi connectivity index (χ0v) is 9.62. The fraction of sp³-hybridized carbons (Fsp3) is 0.250. The first-order chi connectivity index (χ1) is 7.20. The van der Waals surface area contributed by atoms with Crippen molar-refractivity contribution in [3.8, 4) is 0 Å². The van der Waals surface area contributed by atoms with Crippen LogP contribution in [0.3, 0.4) is 0 Å². The van der Waals surface area contributed by atoms with Crippen molar-refractivity contribution in [2.75, 3.05) is 7.05 Å². The number of nitrogens with two attached hydrogens (primary N) is 2. The maximum Gasteiger partial charge on any atom is 0.0898 e. The van der Waals surface area contributed by atoms with Crippen LogP contribution in [-0.2, 0) is 0 Å². The van der Waals surface area contributed by atoms with Gasteiger partial charge in [-0.1, -0.05) is 24.8 Å². The quantitative estimate of drug-likeness (QED) is 0.438. The Hall–Kier alpha value is -1.61. The van der Waals surface area contributed by atoms with Gasteiger partial charge in [-0.3, -0.25) is 0 Å². The molecule has 0 aliphatic heterocycles. The summed E-state index contributed by atoms with van der Waals surface area (Å²) in [6.07, 6.45) is 1.68. The highest BCUT2D eigenvalue weighted by Gasteiger charge is 2.05. The zero-order valence-electron chi connectivity index (χ0n) is 9.62. The van der Waals surface area contributed by atoms with Crippen molar-refractivity contribution in [3.63, 3.8) is 0 Å². The maximum atomic E-state index is 5.27. The van der Waals surface area contributed by atoms with E-state index in [2.05, 4.69) is 17.4 Å². The Morgan fingerprint density at radius 3 is 2.07 bits per heavy atom. The summed E-state index contributed by atoms with van der Waals surface area (Å²) >= 11 is 0. The van der Waals surface area contributed by atoms with Crippen molar-refractivity contribution in [2.45, 2.75) is 13.8 Å². The van der Waals surface area contributed by atoms with E-state index in [0.717, 1.165) is 11.3 Å². The lowest BCUT2D eigenvalue weighted by atomic mass is 9.99. The molecule has 0 unspecified atom stereocenters. The van der Waals surface area contributed by atoms with Gasteiger partial charge < -0.3 is 11.6 Å². The molecule has 3 heteroatoms. The smallest absolute Gasteiger partial charge is 0.0898 e. The molecule has 0 heterocycles. The molecule has 0 aromatic heterocycles. The first-order valence-corrected chi connectivity index (χ1v) is 4.75. The third kappa shape index (κ3) is 3.22. The fourth-order valence-corrected chi connectivity index (χ4v) is 1.44. The number of hydrogen-bond acceptors (Lipinski definition) is 3. The molecule has 15 heavy (non-hydrogen) atoms. The van der Waals surface area contributed by atoms with Crippen LogP contribution in [0.15, 0.2) is 36.0 Å². The van der Waals surface area contributed by atoms with Gasteiger partial charge in [-0.15, -0.1) is 0 Å². The molecule has 0 atom stereocenters. The van der Waals surface area contributed by atoms with Gasteiger partial charge in [-0.05, 0) is 38.1 Å². The van der Waals surface area contributed by atoms with E-state index in [4.69, 9.17) is 5.84 Å². The third-order valence-corrected chi connectivity index (χ3v) is 2.07. The Balaban J connectivity index is 0.000000921. The lowest BCUT2D eigenvalue weighted by molar-refractivity contribution is 1.23. The molecule has 0 radical (unpaired) electrons. The summed E-state index contributed by atoms with van der Waals surface area (Å²) in [6.45, 7) is 7.76. The molecule has 0 fully saturated rings. The summed E-state index contributed by atoms with van der Waals surface area (Å²) in [5.74, 6) is 5.27. The second-order valence-electron chi connectivity index (χ2n) is 2.99. The number of hydrogen-bond donors (Lipinski definition) is 2. The molecule has 0 amide bonds. The minimum atomic E-state index is 0.746. The number of hydrazone groups is 1. The number of nitrogens with zero attached hydrogens (tertiary/aromatic N) is 1. The van der Waals surface area contributed by atoms with E-state index >= 15 is 0 Å². The van der Waals surface area contributed by atoms with Crippen molar-refractivity contribution in [1.29, 1.82) is 0 Å². The van der Waals surface area contributed by atoms with Gasteiger partial charge in [0.2, 0.25) is 0 Å². The van der Waals surface area contributed by atoms with E-state index in [-0.39, 0.29) is 0 Å². The minimum absolute atomic E-state index is 0.746. The van der Waals surface area contributed by atoms with Gasteiger partial charge in [0.15, 0.2) is 0 Å². The molecule has 1 aromatic rings. The van der Waals surface area contributed by atoms with E-state index in [1.165, 1.54) is 18.2 Å². The van der Waals surface area contributed by atoms with Crippen LogP contribution in [0, 0.1) is 13.8 Å². The Morgan fingerprint density at radius 1 is 1.27 bits per heavy atom. The number of benzene rings is 1. The second-order valence-corrected chi connectivity index (χ2v) is 2.99. The summed E-state index contributed by atoms with van der Waals surface area (Å²) in [6, 6.07) is 6.10. The summed E-state index contributed by atoms with van der Waals surface area (Å²) in [5, 5.41) is 3.70. The standard InChI is InChI=1S/C11H14N2.CH5N/c1-4-10(13-12)11-8(2)6-5-7-9(11)3;1-2/h4-7H,1,12H2,2-3H3;2H2,1H3/b13-10+;. The van der Waals surface area contributed by atoms with Gasteiger partial charge in [-0.2, -0.15) is 5.10 Å². The molecule has 0 saturated carbocycles. The van der Waals surface area contributed by atoms with Crippen molar-refractivity contribution >= 4 is 5.71 Å². The number of rotatable bonds is 2. The van der Waals surface area contributed by atoms with Crippen molar-refractivity contribution in [1.82, 2.24) is 0 Å². The molecule has 0 bridgehead atoms. The van der Waals surface area contributed by atoms with Gasteiger partial charge in [0.25, 0.3) is 0 Å². The van der Waals surface area contributed by atoms with Gasteiger partial charge >= 0.3 is 0 Å². The predicted molar refractivity (Wildman–Crippen MR) is 66.9 cm³/mol. The van der Waals surface area contributed by atoms with Crippen LogP contribution in [0.25, 0.3) is 0 Å². The van der Waals surface area contributed by atoms with Crippen molar-refractivity contribution in [3.05, 3.63) is 47.5 Å². The SMILES string of the molecule is C=C/C(=N\N)c1c(C)cccc1C.CN. The Labute approximate surface area is 91.5 Å². The van der Waals surface area contributed by atoms with Crippen LogP contribution in [0.2, 0.25) is 0 Å². The molecule has 0 saturated heterocycles. The van der Waals surface area contributed by atoms with Crippen molar-refractivity contribution in [2.24, 2.45) is 16.7 Å². The Morgan fingerprint density at radius 2 is 1.73 bits per heavy atom. The maximum absolute atomic E-state index is 5.27. The topological polar surface area (TPSA) is 64.4 Å². The summed E-state index contributed by atoms with van der Waals surface area (Å²) in [5.41, 5.74) is 8.67. The van der Waals surface area contributed by atoms with Gasteiger partial charge in [0.1, 0.15) is 0 Å². The first-order valence-electron chi connectivity index (χ1n) is 4.75. The van der Waals surface area contributed by atoms with Crippen LogP contribution in [0.5, 0.6) is 0 Å². The number of allylic oxidation sites excluding steroid dienone is 1. The van der Waals surface area contributed by atoms with E-state index in [1.807, 2.05) is 32.0 Å².